The summed E-state index contributed by atoms with van der Waals surface area (Å²) in [5.74, 6) is -0.0946. The van der Waals surface area contributed by atoms with Crippen molar-refractivity contribution in [3.8, 4) is 11.1 Å². The first-order valence-electron chi connectivity index (χ1n) is 13.1. The zero-order chi connectivity index (χ0) is 24.4. The molecule has 0 radical (unpaired) electrons. The maximum atomic E-state index is 13.2. The van der Waals surface area contributed by atoms with E-state index in [1.807, 2.05) is 18.5 Å². The molecule has 0 spiro atoms. The van der Waals surface area contributed by atoms with E-state index in [2.05, 4.69) is 69.3 Å². The Kier molecular flexibility index (Phi) is 6.78. The van der Waals surface area contributed by atoms with Gasteiger partial charge in [0.25, 0.3) is 5.91 Å². The van der Waals surface area contributed by atoms with Gasteiger partial charge >= 0.3 is 0 Å². The van der Waals surface area contributed by atoms with E-state index in [0.29, 0.717) is 11.1 Å². The van der Waals surface area contributed by atoms with Gasteiger partial charge in [-0.15, -0.1) is 0 Å². The third-order valence-corrected chi connectivity index (χ3v) is 7.18. The first kappa shape index (κ1) is 23.8. The highest BCUT2D eigenvalue weighted by atomic mass is 16.2. The number of carbonyl (C=O) groups is 1. The van der Waals surface area contributed by atoms with Crippen LogP contribution in [0.25, 0.3) is 22.0 Å². The number of carbonyl (C=O) groups excluding carboxylic acids is 1. The number of benzene rings is 1. The van der Waals surface area contributed by atoms with Crippen molar-refractivity contribution in [2.75, 3.05) is 37.6 Å². The number of anilines is 1. The number of nitrogens with zero attached hydrogens (tertiary/aromatic N) is 4. The van der Waals surface area contributed by atoms with Gasteiger partial charge in [0.1, 0.15) is 0 Å². The Morgan fingerprint density at radius 2 is 1.80 bits per heavy atom. The number of aromatic amines is 1. The maximum absolute atomic E-state index is 13.2. The average Bonchev–Trinajstić information content (AvgIpc) is 3.28. The van der Waals surface area contributed by atoms with E-state index in [4.69, 9.17) is 0 Å². The summed E-state index contributed by atoms with van der Waals surface area (Å²) >= 11 is 0. The zero-order valence-corrected chi connectivity index (χ0v) is 21.3. The molecule has 3 aromatic rings. The molecule has 1 amide bonds. The molecule has 2 N–H and O–H groups in total. The fourth-order valence-corrected chi connectivity index (χ4v) is 5.44. The number of amides is 1. The number of aromatic nitrogens is 3. The molecule has 0 atom stereocenters. The molecule has 7 heteroatoms. The van der Waals surface area contributed by atoms with Crippen LogP contribution in [0.1, 0.15) is 63.4 Å². The largest absolute Gasteiger partial charge is 0.370 e. The molecule has 0 unspecified atom stereocenters. The minimum absolute atomic E-state index is 0.0946. The molecule has 2 saturated heterocycles. The van der Waals surface area contributed by atoms with Crippen molar-refractivity contribution < 1.29 is 4.79 Å². The maximum Gasteiger partial charge on any atom is 0.272 e. The van der Waals surface area contributed by atoms with E-state index in [1.165, 1.54) is 24.9 Å². The summed E-state index contributed by atoms with van der Waals surface area (Å²) in [6.07, 6.45) is 9.59. The molecule has 2 aliphatic rings. The molecule has 0 bridgehead atoms. The minimum Gasteiger partial charge on any atom is -0.370 e. The molecule has 7 nitrogen and oxygen atoms in total. The molecular weight excluding hydrogens is 436 g/mol. The van der Waals surface area contributed by atoms with Gasteiger partial charge in [0, 0.05) is 55.9 Å². The molecular formula is C28H38N6O. The van der Waals surface area contributed by atoms with Gasteiger partial charge in [-0.05, 0) is 61.3 Å². The van der Waals surface area contributed by atoms with Crippen LogP contribution < -0.4 is 10.2 Å². The topological polar surface area (TPSA) is 77.1 Å². The van der Waals surface area contributed by atoms with Crippen molar-refractivity contribution in [3.05, 3.63) is 42.4 Å². The molecule has 186 valence electrons. The van der Waals surface area contributed by atoms with Crippen LogP contribution in [0.2, 0.25) is 0 Å². The lowest BCUT2D eigenvalue weighted by atomic mass is 9.94. The summed E-state index contributed by atoms with van der Waals surface area (Å²) in [6, 6.07) is 8.55. The molecule has 35 heavy (non-hydrogen) atoms. The normalized spacial score (nSPS) is 18.2. The van der Waals surface area contributed by atoms with E-state index in [9.17, 15) is 4.79 Å². The summed E-state index contributed by atoms with van der Waals surface area (Å²) < 4.78 is 0. The highest BCUT2D eigenvalue weighted by molar-refractivity contribution is 6.05. The number of nitrogens with one attached hydrogen (secondary N) is 2. The fourth-order valence-electron chi connectivity index (χ4n) is 5.44. The Labute approximate surface area is 208 Å². The van der Waals surface area contributed by atoms with Crippen molar-refractivity contribution >= 4 is 22.5 Å². The van der Waals surface area contributed by atoms with E-state index < -0.39 is 0 Å². The first-order chi connectivity index (χ1) is 16.9. The van der Waals surface area contributed by atoms with Crippen LogP contribution in [0.3, 0.4) is 0 Å². The van der Waals surface area contributed by atoms with Crippen LogP contribution in [-0.4, -0.2) is 64.8 Å². The van der Waals surface area contributed by atoms with Crippen molar-refractivity contribution in [2.45, 2.75) is 58.9 Å². The number of fused-ring (bicyclic) bond motifs is 1. The van der Waals surface area contributed by atoms with Crippen LogP contribution in [0.4, 0.5) is 5.69 Å². The number of likely N-dealkylation sites (tertiary alicyclic amines) is 1. The number of rotatable bonds is 5. The molecule has 0 saturated carbocycles. The predicted molar refractivity (Wildman–Crippen MR) is 142 cm³/mol. The van der Waals surface area contributed by atoms with Crippen molar-refractivity contribution in [1.29, 1.82) is 0 Å². The van der Waals surface area contributed by atoms with E-state index in [-0.39, 0.29) is 11.9 Å². The first-order valence-corrected chi connectivity index (χ1v) is 13.1. The van der Waals surface area contributed by atoms with Gasteiger partial charge in [0.2, 0.25) is 0 Å². The fraction of sp³-hybridized carbons (Fsp3) is 0.536. The lowest BCUT2D eigenvalue weighted by molar-refractivity contribution is 0.0892. The molecule has 4 heterocycles. The summed E-state index contributed by atoms with van der Waals surface area (Å²) in [5, 5.41) is 11.5. The Morgan fingerprint density at radius 3 is 2.54 bits per heavy atom. The van der Waals surface area contributed by atoms with E-state index in [1.54, 1.807) is 0 Å². The van der Waals surface area contributed by atoms with Gasteiger partial charge in [-0.2, -0.15) is 5.10 Å². The van der Waals surface area contributed by atoms with Gasteiger partial charge in [0.05, 0.1) is 17.4 Å². The molecule has 5 rings (SSSR count). The summed E-state index contributed by atoms with van der Waals surface area (Å²) in [7, 11) is 0. The van der Waals surface area contributed by atoms with Gasteiger partial charge in [-0.25, -0.2) is 0 Å². The molecule has 2 fully saturated rings. The van der Waals surface area contributed by atoms with Gasteiger partial charge in [-0.1, -0.05) is 26.8 Å². The monoisotopic (exact) mass is 474 g/mol. The third kappa shape index (κ3) is 5.67. The van der Waals surface area contributed by atoms with Crippen molar-refractivity contribution in [3.63, 3.8) is 0 Å². The lowest BCUT2D eigenvalue weighted by Crippen LogP contribution is -2.46. The van der Waals surface area contributed by atoms with Crippen LogP contribution in [-0.2, 0) is 0 Å². The Morgan fingerprint density at radius 1 is 1.03 bits per heavy atom. The predicted octanol–water partition coefficient (Wildman–Crippen LogP) is 4.86. The van der Waals surface area contributed by atoms with E-state index >= 15 is 0 Å². The second-order valence-electron chi connectivity index (χ2n) is 11.4. The number of hydrogen-bond acceptors (Lipinski definition) is 5. The lowest BCUT2D eigenvalue weighted by Gasteiger charge is -2.36. The van der Waals surface area contributed by atoms with Crippen LogP contribution in [0.15, 0.2) is 36.7 Å². The second kappa shape index (κ2) is 9.97. The van der Waals surface area contributed by atoms with Gasteiger partial charge in [-0.3, -0.25) is 14.9 Å². The second-order valence-corrected chi connectivity index (χ2v) is 11.4. The molecule has 2 aromatic heterocycles. The number of piperidine rings is 2. The average molecular weight is 475 g/mol. The summed E-state index contributed by atoms with van der Waals surface area (Å²) in [4.78, 5) is 22.6. The number of H-pyrrole nitrogens is 1. The highest BCUT2D eigenvalue weighted by Crippen LogP contribution is 2.29. The smallest absolute Gasteiger partial charge is 0.272 e. The Bertz CT molecular complexity index is 1170. The van der Waals surface area contributed by atoms with Crippen LogP contribution in [0, 0.1) is 5.41 Å². The highest BCUT2D eigenvalue weighted by Gasteiger charge is 2.25. The third-order valence-electron chi connectivity index (χ3n) is 7.18. The van der Waals surface area contributed by atoms with Crippen LogP contribution >= 0.6 is 0 Å². The minimum atomic E-state index is -0.0946. The number of pyridine rings is 1. The Hall–Kier alpha value is -2.93. The van der Waals surface area contributed by atoms with Gasteiger partial charge < -0.3 is 15.1 Å². The van der Waals surface area contributed by atoms with Crippen molar-refractivity contribution in [2.24, 2.45) is 5.41 Å². The summed E-state index contributed by atoms with van der Waals surface area (Å²) in [5.41, 5.74) is 4.93. The van der Waals surface area contributed by atoms with E-state index in [0.717, 1.165) is 67.6 Å². The quantitative estimate of drug-likeness (QED) is 0.552. The van der Waals surface area contributed by atoms with Crippen molar-refractivity contribution in [1.82, 2.24) is 25.4 Å². The SMILES string of the molecule is CC(C)(C)CN1CCC(NC(=O)c2n[nH]c3ccc(-c4cncc(N5CCCCC5)c4)cc23)CC1. The molecule has 0 aliphatic carbocycles. The molecule has 2 aliphatic heterocycles. The van der Waals surface area contributed by atoms with Gasteiger partial charge in [0.15, 0.2) is 5.69 Å². The standard InChI is InChI=1S/C28H38N6O/c1-28(2,3)19-33-13-9-22(10-14-33)30-27(35)26-24-16-20(7-8-25(24)31-32-26)21-15-23(18-29-17-21)34-11-5-4-6-12-34/h7-8,15-18,22H,4-6,9-14,19H2,1-3H3,(H,30,35)(H,31,32). The zero-order valence-electron chi connectivity index (χ0n) is 21.3. The molecule has 1 aromatic carbocycles. The van der Waals surface area contributed by atoms with Crippen LogP contribution in [0.5, 0.6) is 0 Å². The summed E-state index contributed by atoms with van der Waals surface area (Å²) in [6.45, 7) is 12.1. The number of hydrogen-bond donors (Lipinski definition) is 2. The Balaban J connectivity index is 1.30.